The number of nitrogens with zero attached hydrogens (tertiary/aromatic N) is 1. The van der Waals surface area contributed by atoms with E-state index in [1.54, 1.807) is 13.2 Å². The lowest BCUT2D eigenvalue weighted by molar-refractivity contribution is 0.414. The van der Waals surface area contributed by atoms with Gasteiger partial charge in [-0.2, -0.15) is 5.26 Å². The molecule has 3 N–H and O–H groups in total. The van der Waals surface area contributed by atoms with Gasteiger partial charge in [0.25, 0.3) is 0 Å². The molecule has 2 rings (SSSR count). The average molecular weight is 245 g/mol. The maximum atomic E-state index is 9.17. The quantitative estimate of drug-likeness (QED) is 0.852. The largest absolute Gasteiger partial charge is 0.495 e. The van der Waals surface area contributed by atoms with Crippen LogP contribution in [0.3, 0.4) is 0 Å². The summed E-state index contributed by atoms with van der Waals surface area (Å²) in [7, 11) is 1.62. The van der Waals surface area contributed by atoms with Crippen molar-refractivity contribution in [3.63, 3.8) is 0 Å². The van der Waals surface area contributed by atoms with Crippen molar-refractivity contribution in [3.8, 4) is 11.8 Å². The van der Waals surface area contributed by atoms with E-state index in [-0.39, 0.29) is 0 Å². The zero-order valence-corrected chi connectivity index (χ0v) is 10.6. The molecule has 1 aromatic rings. The fraction of sp³-hybridized carbons (Fsp3) is 0.500. The predicted molar refractivity (Wildman–Crippen MR) is 71.5 cm³/mol. The monoisotopic (exact) mass is 245 g/mol. The Labute approximate surface area is 108 Å². The van der Waals surface area contributed by atoms with Crippen LogP contribution in [0.2, 0.25) is 0 Å². The smallest absolute Gasteiger partial charge is 0.143 e. The molecule has 0 amide bonds. The van der Waals surface area contributed by atoms with Crippen LogP contribution < -0.4 is 15.8 Å². The second kappa shape index (κ2) is 5.74. The lowest BCUT2D eigenvalue weighted by Crippen LogP contribution is -2.29. The van der Waals surface area contributed by atoms with Crippen molar-refractivity contribution in [1.29, 1.82) is 5.26 Å². The molecular formula is C14H19N3O. The number of rotatable bonds is 4. The number of ether oxygens (including phenoxy) is 1. The van der Waals surface area contributed by atoms with Gasteiger partial charge in [0.05, 0.1) is 18.4 Å². The molecule has 1 aromatic carbocycles. The number of benzene rings is 1. The summed E-state index contributed by atoms with van der Waals surface area (Å²) >= 11 is 0. The fourth-order valence-corrected chi connectivity index (χ4v) is 2.64. The van der Waals surface area contributed by atoms with E-state index < -0.39 is 0 Å². The Morgan fingerprint density at radius 2 is 2.33 bits per heavy atom. The van der Waals surface area contributed by atoms with E-state index in [0.717, 1.165) is 24.3 Å². The summed E-state index contributed by atoms with van der Waals surface area (Å²) in [6.07, 6.45) is 3.45. The molecule has 2 atom stereocenters. The standard InChI is InChI=1S/C14H19N3O/c1-18-13-7-3-5-11(9-16)14(13)17-12-6-2-4-10(12)8-15/h3,5,7,10,12,17H,2,4,6,8,15H2,1H3. The Bertz CT molecular complexity index is 453. The molecule has 0 aliphatic heterocycles. The highest BCUT2D eigenvalue weighted by atomic mass is 16.5. The van der Waals surface area contributed by atoms with Gasteiger partial charge in [-0.3, -0.25) is 0 Å². The third-order valence-electron chi connectivity index (χ3n) is 3.66. The molecule has 0 aromatic heterocycles. The van der Waals surface area contributed by atoms with E-state index >= 15 is 0 Å². The molecule has 1 aliphatic carbocycles. The third-order valence-corrected chi connectivity index (χ3v) is 3.66. The van der Waals surface area contributed by atoms with Crippen molar-refractivity contribution in [2.24, 2.45) is 11.7 Å². The Balaban J connectivity index is 2.25. The summed E-state index contributed by atoms with van der Waals surface area (Å²) in [5.74, 6) is 1.21. The molecule has 18 heavy (non-hydrogen) atoms. The number of anilines is 1. The summed E-state index contributed by atoms with van der Waals surface area (Å²) < 4.78 is 5.32. The van der Waals surface area contributed by atoms with E-state index in [2.05, 4.69) is 11.4 Å². The molecule has 96 valence electrons. The van der Waals surface area contributed by atoms with E-state index in [4.69, 9.17) is 15.7 Å². The van der Waals surface area contributed by atoms with Crippen molar-refractivity contribution < 1.29 is 4.74 Å². The highest BCUT2D eigenvalue weighted by molar-refractivity contribution is 5.66. The SMILES string of the molecule is COc1cccc(C#N)c1NC1CCCC1CN. The molecule has 4 nitrogen and oxygen atoms in total. The molecule has 0 heterocycles. The van der Waals surface area contributed by atoms with Gasteiger partial charge in [0.15, 0.2) is 0 Å². The first-order valence-corrected chi connectivity index (χ1v) is 6.33. The zero-order valence-electron chi connectivity index (χ0n) is 10.6. The minimum absolute atomic E-state index is 0.346. The highest BCUT2D eigenvalue weighted by Gasteiger charge is 2.27. The van der Waals surface area contributed by atoms with E-state index in [9.17, 15) is 0 Å². The molecule has 0 saturated heterocycles. The van der Waals surface area contributed by atoms with Gasteiger partial charge in [0.2, 0.25) is 0 Å². The van der Waals surface area contributed by atoms with Crippen LogP contribution in [0.15, 0.2) is 18.2 Å². The number of nitrogens with one attached hydrogen (secondary N) is 1. The first kappa shape index (κ1) is 12.7. The highest BCUT2D eigenvalue weighted by Crippen LogP contribution is 2.33. The molecule has 4 heteroatoms. The van der Waals surface area contributed by atoms with Crippen LogP contribution >= 0.6 is 0 Å². The van der Waals surface area contributed by atoms with Crippen molar-refractivity contribution in [2.45, 2.75) is 25.3 Å². The number of hydrogen-bond acceptors (Lipinski definition) is 4. The Hall–Kier alpha value is -1.73. The number of para-hydroxylation sites is 1. The lowest BCUT2D eigenvalue weighted by atomic mass is 10.0. The van der Waals surface area contributed by atoms with Gasteiger partial charge < -0.3 is 15.8 Å². The van der Waals surface area contributed by atoms with Gasteiger partial charge >= 0.3 is 0 Å². The first-order valence-electron chi connectivity index (χ1n) is 6.33. The average Bonchev–Trinajstić information content (AvgIpc) is 2.86. The van der Waals surface area contributed by atoms with Gasteiger partial charge in [-0.15, -0.1) is 0 Å². The van der Waals surface area contributed by atoms with Crippen LogP contribution in [-0.2, 0) is 0 Å². The van der Waals surface area contributed by atoms with Crippen LogP contribution in [0.5, 0.6) is 5.75 Å². The molecule has 0 radical (unpaired) electrons. The van der Waals surface area contributed by atoms with Crippen LogP contribution in [0, 0.1) is 17.2 Å². The van der Waals surface area contributed by atoms with Crippen molar-refractivity contribution >= 4 is 5.69 Å². The zero-order chi connectivity index (χ0) is 13.0. The molecular weight excluding hydrogens is 226 g/mol. The Morgan fingerprint density at radius 3 is 3.00 bits per heavy atom. The van der Waals surface area contributed by atoms with Gasteiger partial charge in [-0.05, 0) is 37.4 Å². The Morgan fingerprint density at radius 1 is 1.50 bits per heavy atom. The number of hydrogen-bond donors (Lipinski definition) is 2. The van der Waals surface area contributed by atoms with Crippen LogP contribution in [-0.4, -0.2) is 19.7 Å². The minimum atomic E-state index is 0.346. The lowest BCUT2D eigenvalue weighted by Gasteiger charge is -2.22. The minimum Gasteiger partial charge on any atom is -0.495 e. The number of methoxy groups -OCH3 is 1. The summed E-state index contributed by atoms with van der Waals surface area (Å²) in [5, 5.41) is 12.6. The predicted octanol–water partition coefficient (Wildman–Crippen LogP) is 2.11. The van der Waals surface area contributed by atoms with Crippen LogP contribution in [0.25, 0.3) is 0 Å². The molecule has 1 saturated carbocycles. The fourth-order valence-electron chi connectivity index (χ4n) is 2.64. The van der Waals surface area contributed by atoms with Crippen molar-refractivity contribution in [2.75, 3.05) is 19.0 Å². The van der Waals surface area contributed by atoms with Crippen LogP contribution in [0.4, 0.5) is 5.69 Å². The van der Waals surface area contributed by atoms with E-state index in [1.165, 1.54) is 6.42 Å². The Kier molecular flexibility index (Phi) is 4.06. The second-order valence-electron chi connectivity index (χ2n) is 4.67. The van der Waals surface area contributed by atoms with E-state index in [1.807, 2.05) is 12.1 Å². The summed E-state index contributed by atoms with van der Waals surface area (Å²) in [6, 6.07) is 8.05. The maximum Gasteiger partial charge on any atom is 0.143 e. The summed E-state index contributed by atoms with van der Waals surface area (Å²) in [4.78, 5) is 0. The van der Waals surface area contributed by atoms with Crippen molar-refractivity contribution in [1.82, 2.24) is 0 Å². The first-order chi connectivity index (χ1) is 8.80. The topological polar surface area (TPSA) is 71.1 Å². The van der Waals surface area contributed by atoms with Gasteiger partial charge in [0.1, 0.15) is 11.8 Å². The number of nitriles is 1. The molecule has 0 bridgehead atoms. The third kappa shape index (κ3) is 2.41. The molecule has 1 fully saturated rings. The number of nitrogens with two attached hydrogens (primary N) is 1. The van der Waals surface area contributed by atoms with Gasteiger partial charge in [-0.1, -0.05) is 12.5 Å². The van der Waals surface area contributed by atoms with Gasteiger partial charge in [-0.25, -0.2) is 0 Å². The van der Waals surface area contributed by atoms with E-state index in [0.29, 0.717) is 24.1 Å². The van der Waals surface area contributed by atoms with Gasteiger partial charge in [0, 0.05) is 6.04 Å². The van der Waals surface area contributed by atoms with Crippen LogP contribution in [0.1, 0.15) is 24.8 Å². The second-order valence-corrected chi connectivity index (χ2v) is 4.67. The maximum absolute atomic E-state index is 9.17. The normalized spacial score (nSPS) is 22.5. The molecule has 2 unspecified atom stereocenters. The van der Waals surface area contributed by atoms with Crippen molar-refractivity contribution in [3.05, 3.63) is 23.8 Å². The molecule has 1 aliphatic rings. The summed E-state index contributed by atoms with van der Waals surface area (Å²) in [5.41, 5.74) is 7.20. The summed E-state index contributed by atoms with van der Waals surface area (Å²) in [6.45, 7) is 0.689. The molecule has 0 spiro atoms.